The van der Waals surface area contributed by atoms with Gasteiger partial charge >= 0.3 is 0 Å². The summed E-state index contributed by atoms with van der Waals surface area (Å²) in [6.45, 7) is 2.99. The molecule has 2 aliphatic heterocycles. The maximum atomic E-state index is 13.9. The molecule has 4 bridgehead atoms. The second kappa shape index (κ2) is 10.4. The number of aliphatic hydroxyl groups excluding tert-OH is 1. The van der Waals surface area contributed by atoms with Gasteiger partial charge in [0.25, 0.3) is 10.0 Å². The number of hydrogen-bond acceptors (Lipinski definition) is 5. The third kappa shape index (κ3) is 4.97. The third-order valence-corrected chi connectivity index (χ3v) is 12.4. The third-order valence-electron chi connectivity index (χ3n) is 10.3. The van der Waals surface area contributed by atoms with Crippen LogP contribution < -0.4 is 9.62 Å². The van der Waals surface area contributed by atoms with Gasteiger partial charge in [0, 0.05) is 18.1 Å². The van der Waals surface area contributed by atoms with Gasteiger partial charge in [0.2, 0.25) is 0 Å². The van der Waals surface area contributed by atoms with Crippen LogP contribution >= 0.6 is 24.0 Å². The standard InChI is InChI=1S/C30H38ClN3O3S.ClH/c31-24-5-6-25-27(14-24)34(38(36,37)28-4-2-1-3-26(28)32-25)18-20-7-9-33(10-8-20)19-29(35)30-15-21-11-22(16-30)13-23(12-21)17-30;/h1-6,14,20-23,29,32,35H,7-13,15-19H2;1H/t21?,22?,23?,29-,30?;/m0./s1. The quantitative estimate of drug-likeness (QED) is 0.426. The zero-order valence-corrected chi connectivity index (χ0v) is 24.7. The molecule has 4 aliphatic carbocycles. The van der Waals surface area contributed by atoms with Crippen LogP contribution in [0, 0.1) is 29.1 Å². The Kier molecular flexibility index (Phi) is 7.37. The van der Waals surface area contributed by atoms with E-state index >= 15 is 0 Å². The first-order valence-corrected chi connectivity index (χ1v) is 16.2. The molecule has 2 N–H and O–H groups in total. The largest absolute Gasteiger partial charge is 0.391 e. The molecule has 5 fully saturated rings. The van der Waals surface area contributed by atoms with Gasteiger partial charge in [-0.1, -0.05) is 23.7 Å². The van der Waals surface area contributed by atoms with E-state index in [1.54, 1.807) is 28.6 Å². The lowest BCUT2D eigenvalue weighted by Crippen LogP contribution is -2.55. The minimum atomic E-state index is -3.75. The summed E-state index contributed by atoms with van der Waals surface area (Å²) >= 11 is 6.34. The summed E-state index contributed by atoms with van der Waals surface area (Å²) in [7, 11) is -3.75. The van der Waals surface area contributed by atoms with E-state index in [9.17, 15) is 13.5 Å². The van der Waals surface area contributed by atoms with Gasteiger partial charge in [-0.2, -0.15) is 0 Å². The number of sulfonamides is 1. The van der Waals surface area contributed by atoms with Crippen molar-refractivity contribution in [2.24, 2.45) is 29.1 Å². The highest BCUT2D eigenvalue weighted by Gasteiger charge is 2.54. The van der Waals surface area contributed by atoms with Crippen LogP contribution in [-0.2, 0) is 10.0 Å². The topological polar surface area (TPSA) is 72.9 Å². The number of fused-ring (bicyclic) bond motifs is 2. The molecule has 0 amide bonds. The summed E-state index contributed by atoms with van der Waals surface area (Å²) in [5, 5.41) is 15.3. The van der Waals surface area contributed by atoms with Crippen LogP contribution in [0.25, 0.3) is 0 Å². The molecule has 1 saturated heterocycles. The number of rotatable bonds is 5. The summed E-state index contributed by atoms with van der Waals surface area (Å²) in [5.74, 6) is 2.77. The van der Waals surface area contributed by atoms with Crippen molar-refractivity contribution < 1.29 is 13.5 Å². The molecule has 39 heavy (non-hydrogen) atoms. The van der Waals surface area contributed by atoms with Crippen LogP contribution in [-0.4, -0.2) is 50.7 Å². The molecule has 2 aromatic rings. The number of piperidine rings is 1. The van der Waals surface area contributed by atoms with Gasteiger partial charge in [0.1, 0.15) is 4.90 Å². The minimum absolute atomic E-state index is 0. The SMILES string of the molecule is Cl.O=S1(=O)c2ccccc2Nc2ccc(Cl)cc2N1CC1CCN(C[C@H](O)C23CC4CC(CC(C4)C2)C3)CC1. The fraction of sp³-hybridized carbons (Fsp3) is 0.600. The number of aliphatic hydroxyl groups is 1. The van der Waals surface area contributed by atoms with Crippen molar-refractivity contribution in [3.63, 3.8) is 0 Å². The van der Waals surface area contributed by atoms with Crippen molar-refractivity contribution in [3.8, 4) is 0 Å². The molecule has 0 aromatic heterocycles. The number of para-hydroxylation sites is 1. The number of benzene rings is 2. The van der Waals surface area contributed by atoms with E-state index in [1.807, 2.05) is 18.2 Å². The Hall–Kier alpha value is -1.51. The van der Waals surface area contributed by atoms with Crippen LogP contribution in [0.2, 0.25) is 5.02 Å². The summed E-state index contributed by atoms with van der Waals surface area (Å²) in [5.41, 5.74) is 2.09. The minimum Gasteiger partial charge on any atom is -0.391 e. The van der Waals surface area contributed by atoms with Crippen molar-refractivity contribution in [1.29, 1.82) is 0 Å². The molecule has 6 nitrogen and oxygen atoms in total. The Morgan fingerprint density at radius 3 is 2.28 bits per heavy atom. The van der Waals surface area contributed by atoms with Crippen LogP contribution in [0.15, 0.2) is 47.4 Å². The summed E-state index contributed by atoms with van der Waals surface area (Å²) in [6, 6.07) is 12.5. The molecule has 212 valence electrons. The fourth-order valence-corrected chi connectivity index (χ4v) is 10.7. The maximum Gasteiger partial charge on any atom is 0.266 e. The van der Waals surface area contributed by atoms with Crippen molar-refractivity contribution in [2.75, 3.05) is 35.8 Å². The molecule has 0 radical (unpaired) electrons. The lowest BCUT2D eigenvalue weighted by atomic mass is 9.48. The van der Waals surface area contributed by atoms with Crippen molar-refractivity contribution in [3.05, 3.63) is 47.5 Å². The predicted molar refractivity (Wildman–Crippen MR) is 159 cm³/mol. The number of β-amino-alcohol motifs (C(OH)–C–C–N with tert-alkyl or cyclic N) is 1. The molecule has 0 spiro atoms. The Balaban J connectivity index is 0.00000277. The van der Waals surface area contributed by atoms with E-state index in [-0.39, 0.29) is 29.8 Å². The van der Waals surface area contributed by atoms with Gasteiger partial charge in [-0.05, 0) is 124 Å². The summed E-state index contributed by atoms with van der Waals surface area (Å²) in [4.78, 5) is 2.72. The first-order chi connectivity index (χ1) is 18.3. The summed E-state index contributed by atoms with van der Waals surface area (Å²) in [6.07, 6.45) is 9.45. The molecule has 2 aromatic carbocycles. The Morgan fingerprint density at radius 1 is 0.974 bits per heavy atom. The van der Waals surface area contributed by atoms with Gasteiger partial charge in [-0.15, -0.1) is 12.4 Å². The van der Waals surface area contributed by atoms with Gasteiger partial charge < -0.3 is 15.3 Å². The van der Waals surface area contributed by atoms with Crippen molar-refractivity contribution in [2.45, 2.75) is 62.4 Å². The Bertz CT molecular complexity index is 1290. The van der Waals surface area contributed by atoms with E-state index < -0.39 is 10.0 Å². The van der Waals surface area contributed by atoms with E-state index in [0.29, 0.717) is 27.8 Å². The van der Waals surface area contributed by atoms with Crippen LogP contribution in [0.3, 0.4) is 0 Å². The summed E-state index contributed by atoms with van der Waals surface area (Å²) < 4.78 is 29.3. The van der Waals surface area contributed by atoms with Crippen LogP contribution in [0.5, 0.6) is 0 Å². The van der Waals surface area contributed by atoms with Crippen molar-refractivity contribution >= 4 is 51.1 Å². The lowest BCUT2D eigenvalue weighted by Gasteiger charge is -2.59. The average molecular weight is 593 g/mol. The number of nitrogens with one attached hydrogen (secondary N) is 1. The maximum absolute atomic E-state index is 13.9. The smallest absolute Gasteiger partial charge is 0.266 e. The molecule has 6 aliphatic rings. The highest BCUT2D eigenvalue weighted by atomic mass is 35.5. The number of likely N-dealkylation sites (tertiary alicyclic amines) is 1. The van der Waals surface area contributed by atoms with Gasteiger partial charge in [0.15, 0.2) is 0 Å². The van der Waals surface area contributed by atoms with E-state index in [0.717, 1.165) is 55.9 Å². The number of hydrogen-bond donors (Lipinski definition) is 2. The Morgan fingerprint density at radius 2 is 1.62 bits per heavy atom. The second-order valence-electron chi connectivity index (χ2n) is 12.9. The molecule has 1 atom stereocenters. The lowest BCUT2D eigenvalue weighted by molar-refractivity contribution is -0.127. The zero-order valence-electron chi connectivity index (χ0n) is 22.3. The Labute approximate surface area is 243 Å². The first-order valence-electron chi connectivity index (χ1n) is 14.4. The number of halogens is 2. The fourth-order valence-electron chi connectivity index (χ4n) is 8.81. The molecule has 8 rings (SSSR count). The number of nitrogens with zero attached hydrogens (tertiary/aromatic N) is 2. The average Bonchev–Trinajstić information content (AvgIpc) is 2.97. The van der Waals surface area contributed by atoms with E-state index in [4.69, 9.17) is 11.6 Å². The zero-order chi connectivity index (χ0) is 26.1. The van der Waals surface area contributed by atoms with Gasteiger partial charge in [-0.3, -0.25) is 4.31 Å². The normalized spacial score (nSPS) is 31.9. The molecule has 4 saturated carbocycles. The molecule has 9 heteroatoms. The first kappa shape index (κ1) is 27.6. The molecule has 2 heterocycles. The van der Waals surface area contributed by atoms with Crippen LogP contribution in [0.1, 0.15) is 51.4 Å². The van der Waals surface area contributed by atoms with Gasteiger partial charge in [0.05, 0.1) is 23.2 Å². The van der Waals surface area contributed by atoms with E-state index in [2.05, 4.69) is 10.2 Å². The number of anilines is 3. The van der Waals surface area contributed by atoms with E-state index in [1.165, 1.54) is 38.5 Å². The molecule has 0 unspecified atom stereocenters. The highest BCUT2D eigenvalue weighted by Crippen LogP contribution is 2.61. The van der Waals surface area contributed by atoms with Crippen LogP contribution in [0.4, 0.5) is 17.1 Å². The molecular weight excluding hydrogens is 553 g/mol. The van der Waals surface area contributed by atoms with Crippen molar-refractivity contribution in [1.82, 2.24) is 4.90 Å². The van der Waals surface area contributed by atoms with Gasteiger partial charge in [-0.25, -0.2) is 8.42 Å². The molecular formula is C30H39Cl2N3O3S. The monoisotopic (exact) mass is 591 g/mol. The second-order valence-corrected chi connectivity index (χ2v) is 15.1. The predicted octanol–water partition coefficient (Wildman–Crippen LogP) is 6.30. The highest BCUT2D eigenvalue weighted by molar-refractivity contribution is 7.93.